The molecule has 0 atom stereocenters. The van der Waals surface area contributed by atoms with Crippen LogP contribution in [0.1, 0.15) is 24.2 Å². The highest BCUT2D eigenvalue weighted by atomic mass is 16.5. The van der Waals surface area contributed by atoms with E-state index in [1.54, 1.807) is 19.2 Å². The molecule has 194 valence electrons. The molecule has 2 N–H and O–H groups in total. The summed E-state index contributed by atoms with van der Waals surface area (Å²) in [5.41, 5.74) is 2.06. The van der Waals surface area contributed by atoms with Gasteiger partial charge in [0.25, 0.3) is 11.8 Å². The van der Waals surface area contributed by atoms with Crippen LogP contribution >= 0.6 is 0 Å². The molecule has 2 aromatic carbocycles. The number of carbonyl (C=O) groups excluding carboxylic acids is 3. The number of amides is 3. The monoisotopic (exact) mass is 498 g/mol. The molecule has 3 amide bonds. The zero-order valence-electron chi connectivity index (χ0n) is 21.2. The zero-order valence-corrected chi connectivity index (χ0v) is 21.2. The van der Waals surface area contributed by atoms with Crippen LogP contribution in [0.2, 0.25) is 0 Å². The maximum absolute atomic E-state index is 12.9. The average Bonchev–Trinajstić information content (AvgIpc) is 2.87. The number of rotatable bonds is 10. The van der Waals surface area contributed by atoms with Crippen LogP contribution in [-0.2, 0) is 14.3 Å². The summed E-state index contributed by atoms with van der Waals surface area (Å²) in [6.45, 7) is 6.50. The molecule has 2 aromatic rings. The third-order valence-electron chi connectivity index (χ3n) is 5.47. The molecule has 1 heterocycles. The Bertz CT molecular complexity index is 1050. The van der Waals surface area contributed by atoms with Gasteiger partial charge in [-0.2, -0.15) is 0 Å². The number of ether oxygens (including phenoxy) is 3. The fourth-order valence-corrected chi connectivity index (χ4v) is 3.71. The fourth-order valence-electron chi connectivity index (χ4n) is 3.71. The van der Waals surface area contributed by atoms with Crippen LogP contribution in [0.3, 0.4) is 0 Å². The molecule has 10 heteroatoms. The SMILES string of the molecule is COc1cc(C(=O)N(C)CC(=O)Nc2ccc(N3CCOCC3)cc2)ccc1OCC(=O)NC(C)C. The third-order valence-corrected chi connectivity index (χ3v) is 5.47. The summed E-state index contributed by atoms with van der Waals surface area (Å²) >= 11 is 0. The van der Waals surface area contributed by atoms with Crippen LogP contribution in [0.25, 0.3) is 0 Å². The van der Waals surface area contributed by atoms with E-state index in [9.17, 15) is 14.4 Å². The molecule has 1 aliphatic rings. The molecule has 0 aliphatic carbocycles. The van der Waals surface area contributed by atoms with Crippen LogP contribution in [0.15, 0.2) is 42.5 Å². The molecule has 0 radical (unpaired) electrons. The van der Waals surface area contributed by atoms with Crippen LogP contribution in [0.4, 0.5) is 11.4 Å². The predicted octanol–water partition coefficient (Wildman–Crippen LogP) is 2.15. The first-order valence-electron chi connectivity index (χ1n) is 11.8. The lowest BCUT2D eigenvalue weighted by Gasteiger charge is -2.28. The van der Waals surface area contributed by atoms with E-state index in [0.717, 1.165) is 18.8 Å². The number of hydrogen-bond acceptors (Lipinski definition) is 7. The van der Waals surface area contributed by atoms with Crippen molar-refractivity contribution in [3.05, 3.63) is 48.0 Å². The molecule has 10 nitrogen and oxygen atoms in total. The second-order valence-electron chi connectivity index (χ2n) is 8.73. The van der Waals surface area contributed by atoms with Crippen molar-refractivity contribution in [3.8, 4) is 11.5 Å². The molecule has 0 saturated carbocycles. The zero-order chi connectivity index (χ0) is 26.1. The van der Waals surface area contributed by atoms with Crippen molar-refractivity contribution in [2.75, 3.05) is 63.8 Å². The van der Waals surface area contributed by atoms with Crippen LogP contribution in [0.5, 0.6) is 11.5 Å². The van der Waals surface area contributed by atoms with E-state index in [2.05, 4.69) is 15.5 Å². The Morgan fingerprint density at radius 1 is 1.03 bits per heavy atom. The Labute approximate surface area is 211 Å². The Balaban J connectivity index is 1.54. The molecule has 1 saturated heterocycles. The second kappa shape index (κ2) is 12.8. The largest absolute Gasteiger partial charge is 0.493 e. The Kier molecular flexibility index (Phi) is 9.52. The molecule has 3 rings (SSSR count). The van der Waals surface area contributed by atoms with E-state index in [1.165, 1.54) is 18.1 Å². The van der Waals surface area contributed by atoms with Gasteiger partial charge in [0, 0.05) is 43.1 Å². The molecular formula is C26H34N4O6. The van der Waals surface area contributed by atoms with E-state index in [4.69, 9.17) is 14.2 Å². The van der Waals surface area contributed by atoms with E-state index in [0.29, 0.717) is 36.0 Å². The highest BCUT2D eigenvalue weighted by Crippen LogP contribution is 2.28. The lowest BCUT2D eigenvalue weighted by atomic mass is 10.1. The minimum atomic E-state index is -0.352. The highest BCUT2D eigenvalue weighted by molar-refractivity contribution is 5.99. The molecule has 0 aromatic heterocycles. The Morgan fingerprint density at radius 2 is 1.72 bits per heavy atom. The van der Waals surface area contributed by atoms with Crippen LogP contribution in [0, 0.1) is 0 Å². The first-order chi connectivity index (χ1) is 17.3. The van der Waals surface area contributed by atoms with Gasteiger partial charge in [0.1, 0.15) is 0 Å². The van der Waals surface area contributed by atoms with E-state index >= 15 is 0 Å². The van der Waals surface area contributed by atoms with Gasteiger partial charge in [-0.1, -0.05) is 0 Å². The standard InChI is InChI=1S/C26H34N4O6/c1-18(2)27-25(32)17-36-22-10-5-19(15-23(22)34-4)26(33)29(3)16-24(31)28-20-6-8-21(9-7-20)30-11-13-35-14-12-30/h5-10,15,18H,11-14,16-17H2,1-4H3,(H,27,32)(H,28,31). The molecule has 1 fully saturated rings. The number of methoxy groups -OCH3 is 1. The summed E-state index contributed by atoms with van der Waals surface area (Å²) in [6.07, 6.45) is 0. The van der Waals surface area contributed by atoms with Gasteiger partial charge < -0.3 is 34.6 Å². The second-order valence-corrected chi connectivity index (χ2v) is 8.73. The maximum Gasteiger partial charge on any atom is 0.258 e. The Hall–Kier alpha value is -3.79. The quantitative estimate of drug-likeness (QED) is 0.517. The van der Waals surface area contributed by atoms with Crippen molar-refractivity contribution < 1.29 is 28.6 Å². The number of benzene rings is 2. The summed E-state index contributed by atoms with van der Waals surface area (Å²) in [7, 11) is 3.00. The van der Waals surface area contributed by atoms with Crippen molar-refractivity contribution in [3.63, 3.8) is 0 Å². The van der Waals surface area contributed by atoms with E-state index in [1.807, 2.05) is 38.1 Å². The number of hydrogen-bond donors (Lipinski definition) is 2. The summed E-state index contributed by atoms with van der Waals surface area (Å²) < 4.78 is 16.2. The molecular weight excluding hydrogens is 464 g/mol. The minimum Gasteiger partial charge on any atom is -0.493 e. The van der Waals surface area contributed by atoms with Crippen molar-refractivity contribution in [1.82, 2.24) is 10.2 Å². The van der Waals surface area contributed by atoms with Gasteiger partial charge in [0.15, 0.2) is 18.1 Å². The summed E-state index contributed by atoms with van der Waals surface area (Å²) in [5.74, 6) is -0.262. The van der Waals surface area contributed by atoms with Gasteiger partial charge in [0.2, 0.25) is 5.91 Å². The average molecular weight is 499 g/mol. The minimum absolute atomic E-state index is 0.00480. The number of nitrogens with zero attached hydrogens (tertiary/aromatic N) is 2. The van der Waals surface area contributed by atoms with Crippen LogP contribution < -0.4 is 25.0 Å². The topological polar surface area (TPSA) is 109 Å². The van der Waals surface area contributed by atoms with E-state index < -0.39 is 0 Å². The normalized spacial score (nSPS) is 13.2. The first kappa shape index (κ1) is 26.8. The number of nitrogens with one attached hydrogen (secondary N) is 2. The number of likely N-dealkylation sites (N-methyl/N-ethyl adjacent to an activating group) is 1. The summed E-state index contributed by atoms with van der Waals surface area (Å²) in [6, 6.07) is 12.3. The molecule has 0 bridgehead atoms. The third kappa shape index (κ3) is 7.61. The van der Waals surface area contributed by atoms with Crippen molar-refractivity contribution in [1.29, 1.82) is 0 Å². The number of carbonyl (C=O) groups is 3. The summed E-state index contributed by atoms with van der Waals surface area (Å²) in [5, 5.41) is 5.56. The van der Waals surface area contributed by atoms with Crippen molar-refractivity contribution in [2.45, 2.75) is 19.9 Å². The number of morpholine rings is 1. The van der Waals surface area contributed by atoms with Gasteiger partial charge in [-0.15, -0.1) is 0 Å². The molecule has 36 heavy (non-hydrogen) atoms. The van der Waals surface area contributed by atoms with Crippen molar-refractivity contribution in [2.24, 2.45) is 0 Å². The number of anilines is 2. The van der Waals surface area contributed by atoms with Gasteiger partial charge in [-0.05, 0) is 56.3 Å². The fraction of sp³-hybridized carbons (Fsp3) is 0.423. The highest BCUT2D eigenvalue weighted by Gasteiger charge is 2.18. The molecule has 0 unspecified atom stereocenters. The Morgan fingerprint density at radius 3 is 2.36 bits per heavy atom. The van der Waals surface area contributed by atoms with Gasteiger partial charge in [0.05, 0.1) is 26.9 Å². The lowest BCUT2D eigenvalue weighted by Crippen LogP contribution is -2.36. The first-order valence-corrected chi connectivity index (χ1v) is 11.8. The van der Waals surface area contributed by atoms with Crippen LogP contribution in [-0.4, -0.2) is 82.3 Å². The molecule has 0 spiro atoms. The maximum atomic E-state index is 12.9. The molecule has 1 aliphatic heterocycles. The summed E-state index contributed by atoms with van der Waals surface area (Å²) in [4.78, 5) is 40.8. The van der Waals surface area contributed by atoms with Gasteiger partial charge in [-0.3, -0.25) is 14.4 Å². The predicted molar refractivity (Wildman–Crippen MR) is 137 cm³/mol. The van der Waals surface area contributed by atoms with E-state index in [-0.39, 0.29) is 36.9 Å². The van der Waals surface area contributed by atoms with Gasteiger partial charge in [-0.25, -0.2) is 0 Å². The van der Waals surface area contributed by atoms with Gasteiger partial charge >= 0.3 is 0 Å². The smallest absolute Gasteiger partial charge is 0.258 e. The lowest BCUT2D eigenvalue weighted by molar-refractivity contribution is -0.123. The van der Waals surface area contributed by atoms with Crippen molar-refractivity contribution >= 4 is 29.1 Å².